The molecule has 0 aliphatic heterocycles. The van der Waals surface area contributed by atoms with Gasteiger partial charge in [-0.25, -0.2) is 9.97 Å². The normalized spacial score (nSPS) is 10.1. The number of benzene rings is 1. The summed E-state index contributed by atoms with van der Waals surface area (Å²) < 4.78 is 1.00. The van der Waals surface area contributed by atoms with Crippen LogP contribution in [-0.2, 0) is 0 Å². The molecule has 0 unspecified atom stereocenters. The lowest BCUT2D eigenvalue weighted by Crippen LogP contribution is -2.01. The van der Waals surface area contributed by atoms with Crippen LogP contribution in [0.4, 0.5) is 17.3 Å². The molecule has 5 heteroatoms. The Morgan fingerprint density at radius 2 is 2.19 bits per heavy atom. The van der Waals surface area contributed by atoms with Gasteiger partial charge >= 0.3 is 0 Å². The SMILES string of the molecule is Cc1nc(Nc2cccc(Br)c2)ncc1N. The number of rotatable bonds is 2. The molecule has 1 aromatic carbocycles. The van der Waals surface area contributed by atoms with Crippen LogP contribution in [0.2, 0.25) is 0 Å². The fourth-order valence-corrected chi connectivity index (χ4v) is 1.63. The summed E-state index contributed by atoms with van der Waals surface area (Å²) in [4.78, 5) is 8.34. The van der Waals surface area contributed by atoms with Crippen molar-refractivity contribution in [3.63, 3.8) is 0 Å². The molecule has 3 N–H and O–H groups in total. The molecule has 4 nitrogen and oxygen atoms in total. The molecule has 1 aromatic heterocycles. The Labute approximate surface area is 102 Å². The molecule has 16 heavy (non-hydrogen) atoms. The maximum atomic E-state index is 5.65. The summed E-state index contributed by atoms with van der Waals surface area (Å²) in [5.74, 6) is 0.546. The first-order chi connectivity index (χ1) is 7.65. The third kappa shape index (κ3) is 2.49. The molecule has 0 saturated carbocycles. The molecular weight excluding hydrogens is 268 g/mol. The summed E-state index contributed by atoms with van der Waals surface area (Å²) in [6.45, 7) is 1.85. The Kier molecular flexibility index (Phi) is 3.05. The Balaban J connectivity index is 2.24. The van der Waals surface area contributed by atoms with Crippen LogP contribution in [0.15, 0.2) is 34.9 Å². The lowest BCUT2D eigenvalue weighted by molar-refractivity contribution is 1.11. The number of hydrogen-bond acceptors (Lipinski definition) is 4. The van der Waals surface area contributed by atoms with Crippen LogP contribution >= 0.6 is 15.9 Å². The predicted molar refractivity (Wildman–Crippen MR) is 68.6 cm³/mol. The molecule has 0 saturated heterocycles. The number of anilines is 3. The molecule has 82 valence electrons. The van der Waals surface area contributed by atoms with Gasteiger partial charge in [0, 0.05) is 10.2 Å². The van der Waals surface area contributed by atoms with E-state index in [1.54, 1.807) is 6.20 Å². The predicted octanol–water partition coefficient (Wildman–Crippen LogP) is 2.87. The number of halogens is 1. The molecule has 0 spiro atoms. The van der Waals surface area contributed by atoms with Gasteiger partial charge in [-0.2, -0.15) is 0 Å². The fourth-order valence-electron chi connectivity index (χ4n) is 1.23. The summed E-state index contributed by atoms with van der Waals surface area (Å²) >= 11 is 3.40. The lowest BCUT2D eigenvalue weighted by atomic mass is 10.3. The number of aryl methyl sites for hydroxylation is 1. The third-order valence-corrected chi connectivity index (χ3v) is 2.59. The number of nitrogens with two attached hydrogens (primary N) is 1. The van der Waals surface area contributed by atoms with Crippen LogP contribution in [0.3, 0.4) is 0 Å². The van der Waals surface area contributed by atoms with Gasteiger partial charge in [0.15, 0.2) is 0 Å². The second-order valence-corrected chi connectivity index (χ2v) is 4.29. The summed E-state index contributed by atoms with van der Waals surface area (Å²) in [7, 11) is 0. The van der Waals surface area contributed by atoms with Crippen molar-refractivity contribution in [3.8, 4) is 0 Å². The molecule has 0 aliphatic rings. The van der Waals surface area contributed by atoms with Crippen LogP contribution < -0.4 is 11.1 Å². The second-order valence-electron chi connectivity index (χ2n) is 3.37. The van der Waals surface area contributed by atoms with Crippen molar-refractivity contribution in [2.24, 2.45) is 0 Å². The van der Waals surface area contributed by atoms with Crippen molar-refractivity contribution < 1.29 is 0 Å². The third-order valence-electron chi connectivity index (χ3n) is 2.10. The van der Waals surface area contributed by atoms with Gasteiger partial charge < -0.3 is 11.1 Å². The van der Waals surface area contributed by atoms with Gasteiger partial charge in [0.2, 0.25) is 5.95 Å². The topological polar surface area (TPSA) is 63.8 Å². The van der Waals surface area contributed by atoms with Crippen LogP contribution in [0.1, 0.15) is 5.69 Å². The molecule has 2 aromatic rings. The fraction of sp³-hybridized carbons (Fsp3) is 0.0909. The van der Waals surface area contributed by atoms with Crippen LogP contribution in [0.5, 0.6) is 0 Å². The molecule has 0 bridgehead atoms. The minimum Gasteiger partial charge on any atom is -0.396 e. The van der Waals surface area contributed by atoms with E-state index in [0.717, 1.165) is 15.9 Å². The summed E-state index contributed by atoms with van der Waals surface area (Å²) in [5.41, 5.74) is 7.94. The Bertz CT molecular complexity index is 513. The highest BCUT2D eigenvalue weighted by atomic mass is 79.9. The average molecular weight is 279 g/mol. The first-order valence-electron chi connectivity index (χ1n) is 4.77. The van der Waals surface area contributed by atoms with E-state index in [0.29, 0.717) is 11.6 Å². The first-order valence-corrected chi connectivity index (χ1v) is 5.56. The molecule has 0 radical (unpaired) electrons. The zero-order chi connectivity index (χ0) is 11.5. The van der Waals surface area contributed by atoms with Gasteiger partial charge in [0.1, 0.15) is 0 Å². The van der Waals surface area contributed by atoms with E-state index in [9.17, 15) is 0 Å². The van der Waals surface area contributed by atoms with E-state index in [1.165, 1.54) is 0 Å². The van der Waals surface area contributed by atoms with Gasteiger partial charge in [-0.3, -0.25) is 0 Å². The minimum absolute atomic E-state index is 0.546. The summed E-state index contributed by atoms with van der Waals surface area (Å²) in [6, 6.07) is 7.80. The van der Waals surface area contributed by atoms with Gasteiger partial charge in [-0.1, -0.05) is 22.0 Å². The van der Waals surface area contributed by atoms with Gasteiger partial charge in [0.25, 0.3) is 0 Å². The Morgan fingerprint density at radius 1 is 1.38 bits per heavy atom. The van der Waals surface area contributed by atoms with Crippen molar-refractivity contribution in [1.29, 1.82) is 0 Å². The highest BCUT2D eigenvalue weighted by Gasteiger charge is 2.00. The number of aromatic nitrogens is 2. The van der Waals surface area contributed by atoms with Gasteiger partial charge in [-0.15, -0.1) is 0 Å². The molecule has 0 fully saturated rings. The Morgan fingerprint density at radius 3 is 2.88 bits per heavy atom. The van der Waals surface area contributed by atoms with Crippen LogP contribution in [-0.4, -0.2) is 9.97 Å². The first kappa shape index (κ1) is 10.9. The largest absolute Gasteiger partial charge is 0.396 e. The molecule has 0 atom stereocenters. The average Bonchev–Trinajstić information content (AvgIpc) is 2.24. The van der Waals surface area contributed by atoms with Crippen molar-refractivity contribution in [1.82, 2.24) is 9.97 Å². The number of hydrogen-bond donors (Lipinski definition) is 2. The van der Waals surface area contributed by atoms with E-state index < -0.39 is 0 Å². The lowest BCUT2D eigenvalue weighted by Gasteiger charge is -2.06. The van der Waals surface area contributed by atoms with Gasteiger partial charge in [-0.05, 0) is 25.1 Å². The smallest absolute Gasteiger partial charge is 0.227 e. The molecule has 0 amide bonds. The maximum absolute atomic E-state index is 5.65. The monoisotopic (exact) mass is 278 g/mol. The number of nitrogens with zero attached hydrogens (tertiary/aromatic N) is 2. The quantitative estimate of drug-likeness (QED) is 0.887. The van der Waals surface area contributed by atoms with Crippen LogP contribution in [0, 0.1) is 6.92 Å². The zero-order valence-corrected chi connectivity index (χ0v) is 10.3. The molecule has 2 rings (SSSR count). The summed E-state index contributed by atoms with van der Waals surface area (Å²) in [5, 5.41) is 3.10. The van der Waals surface area contributed by atoms with Crippen molar-refractivity contribution in [2.75, 3.05) is 11.1 Å². The highest BCUT2D eigenvalue weighted by Crippen LogP contribution is 2.19. The number of nitrogen functional groups attached to an aromatic ring is 1. The van der Waals surface area contributed by atoms with Gasteiger partial charge in [0.05, 0.1) is 17.6 Å². The second kappa shape index (κ2) is 4.49. The van der Waals surface area contributed by atoms with E-state index in [2.05, 4.69) is 31.2 Å². The van der Waals surface area contributed by atoms with Crippen LogP contribution in [0.25, 0.3) is 0 Å². The molecular formula is C11H11BrN4. The highest BCUT2D eigenvalue weighted by molar-refractivity contribution is 9.10. The standard InChI is InChI=1S/C11H11BrN4/c1-7-10(13)6-14-11(15-7)16-9-4-2-3-8(12)5-9/h2-6H,13H2,1H3,(H,14,15,16). The minimum atomic E-state index is 0.546. The zero-order valence-electron chi connectivity index (χ0n) is 8.74. The van der Waals surface area contributed by atoms with E-state index in [1.807, 2.05) is 31.2 Å². The van der Waals surface area contributed by atoms with Crippen molar-refractivity contribution >= 4 is 33.3 Å². The molecule has 1 heterocycles. The molecule has 0 aliphatic carbocycles. The maximum Gasteiger partial charge on any atom is 0.227 e. The van der Waals surface area contributed by atoms with E-state index in [4.69, 9.17) is 5.73 Å². The van der Waals surface area contributed by atoms with Crippen molar-refractivity contribution in [3.05, 3.63) is 40.6 Å². The van der Waals surface area contributed by atoms with E-state index in [-0.39, 0.29) is 0 Å². The van der Waals surface area contributed by atoms with E-state index >= 15 is 0 Å². The Hall–Kier alpha value is -1.62. The van der Waals surface area contributed by atoms with Crippen molar-refractivity contribution in [2.45, 2.75) is 6.92 Å². The summed E-state index contributed by atoms with van der Waals surface area (Å²) in [6.07, 6.45) is 1.60. The number of nitrogens with one attached hydrogen (secondary N) is 1.